The first-order valence-electron chi connectivity index (χ1n) is 11.9. The van der Waals surface area contributed by atoms with Crippen LogP contribution >= 0.6 is 15.9 Å². The minimum Gasteiger partial charge on any atom is -0.445 e. The Labute approximate surface area is 191 Å². The van der Waals surface area contributed by atoms with Gasteiger partial charge in [-0.25, -0.2) is 4.79 Å². The molecule has 0 heterocycles. The summed E-state index contributed by atoms with van der Waals surface area (Å²) in [5, 5.41) is 1.10. The van der Waals surface area contributed by atoms with E-state index in [1.165, 1.54) is 19.3 Å². The molecule has 4 nitrogen and oxygen atoms in total. The van der Waals surface area contributed by atoms with Crippen molar-refractivity contribution >= 4 is 22.0 Å². The first kappa shape index (κ1) is 25.2. The Balaban J connectivity index is 1.75. The molecule has 1 aromatic carbocycles. The maximum atomic E-state index is 12.9. The number of hydrogen-bond acceptors (Lipinski definition) is 3. The minimum atomic E-state index is -0.161. The van der Waals surface area contributed by atoms with Crippen LogP contribution in [0.15, 0.2) is 30.3 Å². The fourth-order valence-electron chi connectivity index (χ4n) is 4.08. The molecule has 5 heteroatoms. The summed E-state index contributed by atoms with van der Waals surface area (Å²) in [6, 6.07) is 10.2. The predicted octanol–water partition coefficient (Wildman–Crippen LogP) is 7.10. The third-order valence-electron chi connectivity index (χ3n) is 5.91. The molecule has 2 rings (SSSR count). The molecular formula is C25H40BrNO3. The number of nitrogens with zero attached hydrogens (tertiary/aromatic N) is 1. The lowest BCUT2D eigenvalue weighted by atomic mass is 9.91. The van der Waals surface area contributed by atoms with E-state index in [0.717, 1.165) is 75.4 Å². The molecule has 0 aromatic heterocycles. The number of unbranched alkanes of at least 4 members (excludes halogenated alkanes) is 5. The second-order valence-electron chi connectivity index (χ2n) is 8.35. The second kappa shape index (κ2) is 15.7. The van der Waals surface area contributed by atoms with Gasteiger partial charge in [0, 0.05) is 24.5 Å². The summed E-state index contributed by atoms with van der Waals surface area (Å²) in [6.07, 6.45) is 12.6. The largest absolute Gasteiger partial charge is 0.445 e. The van der Waals surface area contributed by atoms with E-state index in [4.69, 9.17) is 9.47 Å². The highest BCUT2D eigenvalue weighted by atomic mass is 79.9. The highest BCUT2D eigenvalue weighted by Crippen LogP contribution is 2.26. The number of alkyl halides is 1. The fourth-order valence-corrected chi connectivity index (χ4v) is 4.48. The lowest BCUT2D eigenvalue weighted by Crippen LogP contribution is -2.44. The van der Waals surface area contributed by atoms with Crippen LogP contribution in [0.3, 0.4) is 0 Å². The topological polar surface area (TPSA) is 38.8 Å². The zero-order valence-corrected chi connectivity index (χ0v) is 20.3. The van der Waals surface area contributed by atoms with Crippen molar-refractivity contribution in [1.82, 2.24) is 4.90 Å². The fraction of sp³-hybridized carbons (Fsp3) is 0.720. The van der Waals surface area contributed by atoms with Gasteiger partial charge in [-0.05, 0) is 50.5 Å². The number of hydrogen-bond donors (Lipinski definition) is 0. The molecule has 0 spiro atoms. The molecule has 1 aliphatic carbocycles. The average Bonchev–Trinajstić information content (AvgIpc) is 2.79. The zero-order chi connectivity index (χ0) is 21.4. The Hall–Kier alpha value is -1.07. The van der Waals surface area contributed by atoms with E-state index in [2.05, 4.69) is 22.9 Å². The molecule has 1 aromatic rings. The summed E-state index contributed by atoms with van der Waals surface area (Å²) >= 11 is 3.48. The van der Waals surface area contributed by atoms with E-state index in [1.54, 1.807) is 0 Å². The smallest absolute Gasteiger partial charge is 0.410 e. The quantitative estimate of drug-likeness (QED) is 0.210. The molecule has 0 saturated heterocycles. The van der Waals surface area contributed by atoms with Gasteiger partial charge in [0.25, 0.3) is 0 Å². The highest BCUT2D eigenvalue weighted by Gasteiger charge is 2.29. The maximum absolute atomic E-state index is 12.9. The number of amides is 1. The van der Waals surface area contributed by atoms with Gasteiger partial charge in [-0.3, -0.25) is 0 Å². The summed E-state index contributed by atoms with van der Waals surface area (Å²) in [7, 11) is 0. The third-order valence-corrected chi connectivity index (χ3v) is 6.47. The normalized spacial score (nSPS) is 18.9. The van der Waals surface area contributed by atoms with Gasteiger partial charge >= 0.3 is 6.09 Å². The van der Waals surface area contributed by atoms with Crippen LogP contribution in [0.5, 0.6) is 0 Å². The van der Waals surface area contributed by atoms with Crippen LogP contribution in [0.25, 0.3) is 0 Å². The van der Waals surface area contributed by atoms with Crippen LogP contribution in [0.2, 0.25) is 0 Å². The average molecular weight is 483 g/mol. The van der Waals surface area contributed by atoms with E-state index < -0.39 is 0 Å². The van der Waals surface area contributed by atoms with Crippen molar-refractivity contribution in [2.45, 2.75) is 96.3 Å². The monoisotopic (exact) mass is 481 g/mol. The first-order chi connectivity index (χ1) is 14.7. The Morgan fingerprint density at radius 2 is 1.73 bits per heavy atom. The summed E-state index contributed by atoms with van der Waals surface area (Å²) in [5.41, 5.74) is 1.03. The van der Waals surface area contributed by atoms with Crippen LogP contribution in [0.4, 0.5) is 4.79 Å². The number of carbonyl (C=O) groups excluding carboxylic acids is 1. The molecule has 1 amide bonds. The number of benzene rings is 1. The van der Waals surface area contributed by atoms with Crippen molar-refractivity contribution in [3.05, 3.63) is 35.9 Å². The van der Waals surface area contributed by atoms with Gasteiger partial charge in [-0.1, -0.05) is 78.9 Å². The number of carbonyl (C=O) groups is 1. The molecule has 0 unspecified atom stereocenters. The van der Waals surface area contributed by atoms with Crippen molar-refractivity contribution in [2.75, 3.05) is 18.5 Å². The van der Waals surface area contributed by atoms with Crippen LogP contribution in [0.1, 0.15) is 83.1 Å². The third kappa shape index (κ3) is 9.82. The number of ether oxygens (including phenoxy) is 2. The Morgan fingerprint density at radius 1 is 1.00 bits per heavy atom. The van der Waals surface area contributed by atoms with Crippen LogP contribution in [-0.4, -0.2) is 41.6 Å². The number of rotatable bonds is 14. The van der Waals surface area contributed by atoms with Crippen LogP contribution in [0, 0.1) is 0 Å². The molecular weight excluding hydrogens is 442 g/mol. The molecule has 1 saturated carbocycles. The molecule has 0 bridgehead atoms. The van der Waals surface area contributed by atoms with Crippen molar-refractivity contribution in [3.8, 4) is 0 Å². The van der Waals surface area contributed by atoms with Crippen molar-refractivity contribution < 1.29 is 14.3 Å². The van der Waals surface area contributed by atoms with Gasteiger partial charge < -0.3 is 14.4 Å². The molecule has 0 atom stereocenters. The van der Waals surface area contributed by atoms with Gasteiger partial charge in [0.15, 0.2) is 0 Å². The predicted molar refractivity (Wildman–Crippen MR) is 127 cm³/mol. The minimum absolute atomic E-state index is 0.161. The Kier molecular flexibility index (Phi) is 13.2. The van der Waals surface area contributed by atoms with Crippen LogP contribution < -0.4 is 0 Å². The first-order valence-corrected chi connectivity index (χ1v) is 13.0. The highest BCUT2D eigenvalue weighted by molar-refractivity contribution is 9.09. The van der Waals surface area contributed by atoms with E-state index in [1.807, 2.05) is 35.2 Å². The lowest BCUT2D eigenvalue weighted by Gasteiger charge is -2.36. The van der Waals surface area contributed by atoms with E-state index in [-0.39, 0.29) is 12.1 Å². The summed E-state index contributed by atoms with van der Waals surface area (Å²) in [6.45, 7) is 4.21. The second-order valence-corrected chi connectivity index (χ2v) is 9.14. The van der Waals surface area contributed by atoms with Crippen LogP contribution in [-0.2, 0) is 16.1 Å². The van der Waals surface area contributed by atoms with Crippen molar-refractivity contribution in [2.24, 2.45) is 0 Å². The summed E-state index contributed by atoms with van der Waals surface area (Å²) in [4.78, 5) is 14.9. The van der Waals surface area contributed by atoms with E-state index in [9.17, 15) is 4.79 Å². The van der Waals surface area contributed by atoms with E-state index in [0.29, 0.717) is 12.7 Å². The molecule has 0 N–H and O–H groups in total. The zero-order valence-electron chi connectivity index (χ0n) is 18.7. The lowest BCUT2D eigenvalue weighted by molar-refractivity contribution is 0.00307. The molecule has 1 fully saturated rings. The number of halogens is 1. The van der Waals surface area contributed by atoms with Crippen molar-refractivity contribution in [1.29, 1.82) is 0 Å². The Morgan fingerprint density at radius 3 is 2.43 bits per heavy atom. The maximum Gasteiger partial charge on any atom is 0.410 e. The summed E-state index contributed by atoms with van der Waals surface area (Å²) < 4.78 is 11.8. The molecule has 0 aliphatic heterocycles. The van der Waals surface area contributed by atoms with Gasteiger partial charge in [0.2, 0.25) is 0 Å². The van der Waals surface area contributed by atoms with Gasteiger partial charge in [0.1, 0.15) is 6.61 Å². The van der Waals surface area contributed by atoms with Crippen molar-refractivity contribution in [3.63, 3.8) is 0 Å². The molecule has 1 aliphatic rings. The molecule has 30 heavy (non-hydrogen) atoms. The standard InChI is InChI=1S/C25H40BrNO3/c1-2-3-10-19-27(25(28)30-21-22-12-7-6-8-13-22)23-14-16-24(17-15-23)29-20-11-5-4-9-18-26/h6-8,12-13,23-24H,2-5,9-11,14-21H2,1H3/t23-,24-. The van der Waals surface area contributed by atoms with Gasteiger partial charge in [-0.2, -0.15) is 0 Å². The SMILES string of the molecule is CCCCCN(C(=O)OCc1ccccc1)[C@H]1CC[C@H](OCCCCCCBr)CC1. The molecule has 0 radical (unpaired) electrons. The summed E-state index contributed by atoms with van der Waals surface area (Å²) in [5.74, 6) is 0. The molecule has 170 valence electrons. The Bertz CT molecular complexity index is 561. The van der Waals surface area contributed by atoms with Gasteiger partial charge in [0.05, 0.1) is 6.10 Å². The van der Waals surface area contributed by atoms with Gasteiger partial charge in [-0.15, -0.1) is 0 Å². The van der Waals surface area contributed by atoms with E-state index >= 15 is 0 Å².